The van der Waals surface area contributed by atoms with Crippen LogP contribution in [0.5, 0.6) is 0 Å². The molecule has 0 nitrogen and oxygen atoms in total. The highest BCUT2D eigenvalue weighted by atomic mass is 127. The molecule has 0 aromatic heterocycles. The highest BCUT2D eigenvalue weighted by Gasteiger charge is 2.22. The molecule has 2 unspecified atom stereocenters. The molecule has 0 N–H and O–H groups in total. The molecule has 2 rings (SSSR count). The third kappa shape index (κ3) is 2.06. The Morgan fingerprint density at radius 2 is 2.23 bits per heavy atom. The summed E-state index contributed by atoms with van der Waals surface area (Å²) in [7, 11) is 0. The molecule has 1 aliphatic carbocycles. The maximum absolute atomic E-state index is 2.53. The number of hydrogen-bond acceptors (Lipinski definition) is 0. The van der Waals surface area contributed by atoms with Crippen molar-refractivity contribution < 1.29 is 0 Å². The van der Waals surface area contributed by atoms with Crippen molar-refractivity contribution in [2.24, 2.45) is 0 Å². The number of fused-ring (bicyclic) bond motifs is 1. The third-order valence-corrected chi connectivity index (χ3v) is 3.37. The van der Waals surface area contributed by atoms with Gasteiger partial charge in [0.05, 0.1) is 0 Å². The Morgan fingerprint density at radius 1 is 1.46 bits per heavy atom. The quantitative estimate of drug-likeness (QED) is 0.571. The molecule has 2 atom stereocenters. The zero-order chi connectivity index (χ0) is 9.26. The first kappa shape index (κ1) is 9.50. The van der Waals surface area contributed by atoms with Crippen molar-refractivity contribution in [1.29, 1.82) is 0 Å². The lowest BCUT2D eigenvalue weighted by Crippen LogP contribution is -2.00. The summed E-state index contributed by atoms with van der Waals surface area (Å²) in [6, 6.07) is 8.93. The molecule has 1 aromatic carbocycles. The Hall–Kier alpha value is -0.0500. The van der Waals surface area contributed by atoms with Gasteiger partial charge in [-0.15, -0.1) is 0 Å². The van der Waals surface area contributed by atoms with Crippen molar-refractivity contribution in [2.75, 3.05) is 0 Å². The van der Waals surface area contributed by atoms with E-state index >= 15 is 0 Å². The Labute approximate surface area is 93.9 Å². The van der Waals surface area contributed by atoms with Gasteiger partial charge in [0.2, 0.25) is 0 Å². The Bertz CT molecular complexity index is 291. The van der Waals surface area contributed by atoms with E-state index in [0.29, 0.717) is 0 Å². The van der Waals surface area contributed by atoms with E-state index in [9.17, 15) is 0 Å². The fraction of sp³-hybridized carbons (Fsp3) is 0.500. The second-order valence-corrected chi connectivity index (χ2v) is 6.08. The summed E-state index contributed by atoms with van der Waals surface area (Å²) in [5.74, 6) is 0.836. The molecule has 1 aliphatic rings. The van der Waals surface area contributed by atoms with Crippen molar-refractivity contribution >= 4 is 22.6 Å². The summed E-state index contributed by atoms with van der Waals surface area (Å²) >= 11 is 2.53. The smallest absolute Gasteiger partial charge is 0.00871 e. The van der Waals surface area contributed by atoms with Gasteiger partial charge in [0, 0.05) is 3.92 Å². The summed E-state index contributed by atoms with van der Waals surface area (Å²) in [4.78, 5) is 0. The zero-order valence-corrected chi connectivity index (χ0v) is 10.1. The Kier molecular flexibility index (Phi) is 2.92. The minimum atomic E-state index is 0.800. The van der Waals surface area contributed by atoms with Gasteiger partial charge < -0.3 is 0 Å². The second-order valence-electron chi connectivity index (χ2n) is 3.95. The van der Waals surface area contributed by atoms with Crippen LogP contribution in [-0.4, -0.2) is 3.92 Å². The fourth-order valence-corrected chi connectivity index (χ4v) is 2.90. The number of rotatable bonds is 2. The summed E-state index contributed by atoms with van der Waals surface area (Å²) in [6.07, 6.45) is 4.01. The van der Waals surface area contributed by atoms with Gasteiger partial charge in [-0.25, -0.2) is 0 Å². The number of alkyl halides is 1. The first-order valence-electron chi connectivity index (χ1n) is 4.99. The van der Waals surface area contributed by atoms with Crippen LogP contribution in [0.15, 0.2) is 24.3 Å². The van der Waals surface area contributed by atoms with Crippen molar-refractivity contribution in [3.05, 3.63) is 35.4 Å². The minimum Gasteiger partial charge on any atom is -0.0829 e. The first-order valence-corrected chi connectivity index (χ1v) is 6.24. The lowest BCUT2D eigenvalue weighted by molar-refractivity contribution is 0.625. The summed E-state index contributed by atoms with van der Waals surface area (Å²) in [6.45, 7) is 2.31. The molecule has 0 fully saturated rings. The summed E-state index contributed by atoms with van der Waals surface area (Å²) < 4.78 is 0.800. The molecule has 0 heterocycles. The van der Waals surface area contributed by atoms with Crippen LogP contribution in [0.2, 0.25) is 0 Å². The monoisotopic (exact) mass is 286 g/mol. The van der Waals surface area contributed by atoms with Gasteiger partial charge in [-0.3, -0.25) is 0 Å². The average Bonchev–Trinajstić information content (AvgIpc) is 2.48. The van der Waals surface area contributed by atoms with Crippen LogP contribution in [0.25, 0.3) is 0 Å². The largest absolute Gasteiger partial charge is 0.0829 e. The second kappa shape index (κ2) is 3.99. The number of halogens is 1. The maximum Gasteiger partial charge on any atom is 0.00871 e. The van der Waals surface area contributed by atoms with Crippen molar-refractivity contribution in [1.82, 2.24) is 0 Å². The van der Waals surface area contributed by atoms with Crippen LogP contribution in [0.4, 0.5) is 0 Å². The molecule has 0 amide bonds. The topological polar surface area (TPSA) is 0 Å². The predicted octanol–water partition coefficient (Wildman–Crippen LogP) is 3.93. The van der Waals surface area contributed by atoms with E-state index in [1.807, 2.05) is 0 Å². The van der Waals surface area contributed by atoms with Crippen molar-refractivity contribution in [3.8, 4) is 0 Å². The Balaban J connectivity index is 2.18. The lowest BCUT2D eigenvalue weighted by Gasteiger charge is -2.12. The van der Waals surface area contributed by atoms with Gasteiger partial charge in [-0.2, -0.15) is 0 Å². The Morgan fingerprint density at radius 3 is 3.00 bits per heavy atom. The van der Waals surface area contributed by atoms with E-state index in [1.165, 1.54) is 19.3 Å². The van der Waals surface area contributed by atoms with E-state index in [1.54, 1.807) is 11.1 Å². The molecular weight excluding hydrogens is 271 g/mol. The van der Waals surface area contributed by atoms with E-state index < -0.39 is 0 Å². The average molecular weight is 286 g/mol. The zero-order valence-electron chi connectivity index (χ0n) is 7.96. The molecule has 1 aromatic rings. The van der Waals surface area contributed by atoms with Crippen LogP contribution in [0.1, 0.15) is 36.8 Å². The first-order chi connectivity index (χ1) is 6.27. The molecule has 13 heavy (non-hydrogen) atoms. The third-order valence-electron chi connectivity index (χ3n) is 2.87. The highest BCUT2D eigenvalue weighted by molar-refractivity contribution is 14.1. The van der Waals surface area contributed by atoms with Crippen molar-refractivity contribution in [2.45, 2.75) is 36.0 Å². The molecule has 70 valence electrons. The molecular formula is C12H15I. The van der Waals surface area contributed by atoms with Crippen LogP contribution in [0.3, 0.4) is 0 Å². The lowest BCUT2D eigenvalue weighted by atomic mass is 9.97. The normalized spacial score (nSPS) is 22.8. The van der Waals surface area contributed by atoms with Crippen molar-refractivity contribution in [3.63, 3.8) is 0 Å². The number of benzene rings is 1. The molecule has 0 spiro atoms. The summed E-state index contributed by atoms with van der Waals surface area (Å²) in [5, 5.41) is 0. The van der Waals surface area contributed by atoms with E-state index in [2.05, 4.69) is 53.8 Å². The summed E-state index contributed by atoms with van der Waals surface area (Å²) in [5.41, 5.74) is 3.20. The molecule has 0 bridgehead atoms. The van der Waals surface area contributed by atoms with Crippen LogP contribution in [0, 0.1) is 0 Å². The van der Waals surface area contributed by atoms with Gasteiger partial charge in [0.25, 0.3) is 0 Å². The van der Waals surface area contributed by atoms with Crippen LogP contribution >= 0.6 is 22.6 Å². The minimum absolute atomic E-state index is 0.800. The number of aryl methyl sites for hydroxylation is 1. The van der Waals surface area contributed by atoms with Gasteiger partial charge in [-0.1, -0.05) is 53.8 Å². The molecule has 0 radical (unpaired) electrons. The highest BCUT2D eigenvalue weighted by Crippen LogP contribution is 2.36. The van der Waals surface area contributed by atoms with Gasteiger partial charge in [-0.05, 0) is 36.3 Å². The van der Waals surface area contributed by atoms with Gasteiger partial charge in [0.15, 0.2) is 0 Å². The molecule has 0 aliphatic heterocycles. The SMILES string of the molecule is CC(I)CC1CCc2ccccc21. The van der Waals surface area contributed by atoms with Gasteiger partial charge >= 0.3 is 0 Å². The molecule has 0 saturated heterocycles. The predicted molar refractivity (Wildman–Crippen MR) is 65.6 cm³/mol. The fourth-order valence-electron chi connectivity index (χ4n) is 2.28. The standard InChI is InChI=1S/C12H15I/c1-9(13)8-11-7-6-10-4-2-3-5-12(10)11/h2-5,9,11H,6-8H2,1H3. The van der Waals surface area contributed by atoms with Crippen LogP contribution < -0.4 is 0 Å². The van der Waals surface area contributed by atoms with Gasteiger partial charge in [0.1, 0.15) is 0 Å². The molecule has 0 saturated carbocycles. The number of hydrogen-bond donors (Lipinski definition) is 0. The van der Waals surface area contributed by atoms with E-state index in [4.69, 9.17) is 0 Å². The van der Waals surface area contributed by atoms with Crippen LogP contribution in [-0.2, 0) is 6.42 Å². The van der Waals surface area contributed by atoms with E-state index in [0.717, 1.165) is 9.84 Å². The maximum atomic E-state index is 2.53. The molecule has 1 heteroatoms. The van der Waals surface area contributed by atoms with E-state index in [-0.39, 0.29) is 0 Å².